The highest BCUT2D eigenvalue weighted by molar-refractivity contribution is 6.06. The predicted octanol–water partition coefficient (Wildman–Crippen LogP) is 3.05. The second kappa shape index (κ2) is 7.14. The number of hydrogen-bond donors (Lipinski definition) is 3. The second-order valence-corrected chi connectivity index (χ2v) is 7.41. The van der Waals surface area contributed by atoms with Gasteiger partial charge in [-0.1, -0.05) is 48.5 Å². The van der Waals surface area contributed by atoms with Crippen LogP contribution in [-0.2, 0) is 0 Å². The summed E-state index contributed by atoms with van der Waals surface area (Å²) in [5, 5.41) is 10.4. The number of fused-ring (bicyclic) bond motifs is 2. The van der Waals surface area contributed by atoms with E-state index in [2.05, 4.69) is 63.1 Å². The standard InChI is InChI=1S/C23H21N5O/c24-22(29)17-6-3-7-18-21(17)26-13-27-23(18)28-20-12-25-11-19(20)16-9-8-14-4-1-2-5-15(14)10-16/h1-10,13,19-20,25H,11-12H2,(H2,24,29)(H,26,27,28)/t19-,20+/m0/s1. The van der Waals surface area contributed by atoms with Crippen LogP contribution in [0.25, 0.3) is 21.7 Å². The van der Waals surface area contributed by atoms with E-state index in [1.54, 1.807) is 6.07 Å². The van der Waals surface area contributed by atoms with Crippen LogP contribution in [0.15, 0.2) is 67.0 Å². The number of anilines is 1. The number of nitrogens with zero attached hydrogens (tertiary/aromatic N) is 2. The Bertz CT molecular complexity index is 1220. The summed E-state index contributed by atoms with van der Waals surface area (Å²) in [7, 11) is 0. The third-order valence-corrected chi connectivity index (χ3v) is 5.67. The highest BCUT2D eigenvalue weighted by atomic mass is 16.1. The predicted molar refractivity (Wildman–Crippen MR) is 115 cm³/mol. The fraction of sp³-hybridized carbons (Fsp3) is 0.174. The molecule has 3 aromatic carbocycles. The Morgan fingerprint density at radius 1 is 1.00 bits per heavy atom. The van der Waals surface area contributed by atoms with Gasteiger partial charge in [0.05, 0.1) is 11.1 Å². The molecule has 0 spiro atoms. The molecule has 1 saturated heterocycles. The molecule has 1 fully saturated rings. The lowest BCUT2D eigenvalue weighted by Crippen LogP contribution is -2.27. The zero-order chi connectivity index (χ0) is 19.8. The van der Waals surface area contributed by atoms with Gasteiger partial charge in [-0.15, -0.1) is 0 Å². The Labute approximate surface area is 168 Å². The summed E-state index contributed by atoms with van der Waals surface area (Å²) in [5.74, 6) is 0.540. The monoisotopic (exact) mass is 383 g/mol. The largest absolute Gasteiger partial charge is 0.366 e. The van der Waals surface area contributed by atoms with E-state index < -0.39 is 5.91 Å². The molecular formula is C23H21N5O. The maximum atomic E-state index is 11.7. The zero-order valence-electron chi connectivity index (χ0n) is 15.8. The molecule has 1 aromatic heterocycles. The first kappa shape index (κ1) is 17.6. The molecule has 0 saturated carbocycles. The number of benzene rings is 3. The van der Waals surface area contributed by atoms with Crippen molar-refractivity contribution in [2.24, 2.45) is 5.73 Å². The molecule has 2 atom stereocenters. The van der Waals surface area contributed by atoms with Gasteiger partial charge in [-0.3, -0.25) is 4.79 Å². The normalized spacial score (nSPS) is 18.9. The number of nitrogens with two attached hydrogens (primary N) is 1. The van der Waals surface area contributed by atoms with Crippen LogP contribution in [0.1, 0.15) is 21.8 Å². The summed E-state index contributed by atoms with van der Waals surface area (Å²) in [4.78, 5) is 20.5. The molecule has 1 aliphatic rings. The van der Waals surface area contributed by atoms with Gasteiger partial charge in [0.2, 0.25) is 0 Å². The summed E-state index contributed by atoms with van der Waals surface area (Å²) < 4.78 is 0. The van der Waals surface area contributed by atoms with Crippen LogP contribution in [0.2, 0.25) is 0 Å². The van der Waals surface area contributed by atoms with Gasteiger partial charge in [0.25, 0.3) is 5.91 Å². The van der Waals surface area contributed by atoms with Gasteiger partial charge >= 0.3 is 0 Å². The Kier molecular flexibility index (Phi) is 4.33. The van der Waals surface area contributed by atoms with Crippen molar-refractivity contribution in [2.45, 2.75) is 12.0 Å². The molecule has 0 unspecified atom stereocenters. The fourth-order valence-electron chi connectivity index (χ4n) is 4.20. The molecule has 0 aliphatic carbocycles. The van der Waals surface area contributed by atoms with Crippen molar-refractivity contribution in [3.8, 4) is 0 Å². The molecule has 1 amide bonds. The van der Waals surface area contributed by atoms with Crippen LogP contribution >= 0.6 is 0 Å². The van der Waals surface area contributed by atoms with E-state index in [-0.39, 0.29) is 6.04 Å². The van der Waals surface area contributed by atoms with Crippen LogP contribution in [-0.4, -0.2) is 35.0 Å². The minimum atomic E-state index is -0.489. The first-order valence-electron chi connectivity index (χ1n) is 9.70. The van der Waals surface area contributed by atoms with Gasteiger partial charge in [-0.25, -0.2) is 9.97 Å². The van der Waals surface area contributed by atoms with E-state index >= 15 is 0 Å². The minimum Gasteiger partial charge on any atom is -0.366 e. The number of rotatable bonds is 4. The van der Waals surface area contributed by atoms with E-state index in [0.29, 0.717) is 17.0 Å². The Morgan fingerprint density at radius 3 is 2.72 bits per heavy atom. The number of nitrogens with one attached hydrogen (secondary N) is 2. The summed E-state index contributed by atoms with van der Waals surface area (Å²) in [6, 6.07) is 20.6. The van der Waals surface area contributed by atoms with Crippen LogP contribution in [0.4, 0.5) is 5.82 Å². The lowest BCUT2D eigenvalue weighted by molar-refractivity contribution is 0.100. The third-order valence-electron chi connectivity index (χ3n) is 5.67. The number of amides is 1. The first-order valence-corrected chi connectivity index (χ1v) is 9.70. The van der Waals surface area contributed by atoms with Crippen LogP contribution in [0.5, 0.6) is 0 Å². The van der Waals surface area contributed by atoms with Gasteiger partial charge < -0.3 is 16.4 Å². The summed E-state index contributed by atoms with van der Waals surface area (Å²) in [6.07, 6.45) is 1.48. The van der Waals surface area contributed by atoms with Crippen molar-refractivity contribution in [2.75, 3.05) is 18.4 Å². The van der Waals surface area contributed by atoms with Crippen molar-refractivity contribution in [1.29, 1.82) is 0 Å². The topological polar surface area (TPSA) is 92.9 Å². The molecule has 4 N–H and O–H groups in total. The average Bonchev–Trinajstić information content (AvgIpc) is 3.21. The van der Waals surface area contributed by atoms with E-state index in [1.165, 1.54) is 22.7 Å². The molecule has 0 radical (unpaired) electrons. The highest BCUT2D eigenvalue weighted by Crippen LogP contribution is 2.30. The SMILES string of the molecule is NC(=O)c1cccc2c(N[C@@H]3CNC[C@H]3c3ccc4ccccc4c3)ncnc12. The van der Waals surface area contributed by atoms with Crippen molar-refractivity contribution in [3.63, 3.8) is 0 Å². The van der Waals surface area contributed by atoms with Gasteiger partial charge in [0.1, 0.15) is 12.1 Å². The Balaban J connectivity index is 1.49. The van der Waals surface area contributed by atoms with Crippen molar-refractivity contribution in [3.05, 3.63) is 78.1 Å². The summed E-state index contributed by atoms with van der Waals surface area (Å²) in [6.45, 7) is 1.73. The maximum absolute atomic E-state index is 11.7. The minimum absolute atomic E-state index is 0.173. The van der Waals surface area contributed by atoms with Gasteiger partial charge in [-0.05, 0) is 28.5 Å². The highest BCUT2D eigenvalue weighted by Gasteiger charge is 2.29. The lowest BCUT2D eigenvalue weighted by Gasteiger charge is -2.22. The summed E-state index contributed by atoms with van der Waals surface area (Å²) in [5.41, 5.74) is 7.78. The van der Waals surface area contributed by atoms with E-state index in [0.717, 1.165) is 24.3 Å². The Hall–Kier alpha value is -3.51. The third kappa shape index (κ3) is 3.17. The second-order valence-electron chi connectivity index (χ2n) is 7.41. The molecule has 6 heteroatoms. The maximum Gasteiger partial charge on any atom is 0.250 e. The van der Waals surface area contributed by atoms with E-state index in [4.69, 9.17) is 5.73 Å². The van der Waals surface area contributed by atoms with E-state index in [9.17, 15) is 4.79 Å². The van der Waals surface area contributed by atoms with E-state index in [1.807, 2.05) is 12.1 Å². The van der Waals surface area contributed by atoms with Gasteiger partial charge in [0, 0.05) is 30.4 Å². The lowest BCUT2D eigenvalue weighted by atomic mass is 9.92. The fourth-order valence-corrected chi connectivity index (χ4v) is 4.20. The Morgan fingerprint density at radius 2 is 1.86 bits per heavy atom. The molecule has 6 nitrogen and oxygen atoms in total. The molecular weight excluding hydrogens is 362 g/mol. The molecule has 2 heterocycles. The number of carbonyl (C=O) groups is 1. The average molecular weight is 383 g/mol. The van der Waals surface area contributed by atoms with Crippen LogP contribution in [0.3, 0.4) is 0 Å². The van der Waals surface area contributed by atoms with Crippen LogP contribution < -0.4 is 16.4 Å². The molecule has 1 aliphatic heterocycles. The van der Waals surface area contributed by atoms with Crippen molar-refractivity contribution < 1.29 is 4.79 Å². The molecule has 29 heavy (non-hydrogen) atoms. The number of para-hydroxylation sites is 1. The molecule has 4 aromatic rings. The number of aromatic nitrogens is 2. The quantitative estimate of drug-likeness (QED) is 0.504. The first-order chi connectivity index (χ1) is 14.2. The van der Waals surface area contributed by atoms with Gasteiger partial charge in [-0.2, -0.15) is 0 Å². The van der Waals surface area contributed by atoms with Gasteiger partial charge in [0.15, 0.2) is 0 Å². The molecule has 0 bridgehead atoms. The number of carbonyl (C=O) groups excluding carboxylic acids is 1. The summed E-state index contributed by atoms with van der Waals surface area (Å²) >= 11 is 0. The molecule has 144 valence electrons. The number of primary amides is 1. The van der Waals surface area contributed by atoms with Crippen molar-refractivity contribution >= 4 is 33.4 Å². The molecule has 5 rings (SSSR count). The zero-order valence-corrected chi connectivity index (χ0v) is 15.8. The van der Waals surface area contributed by atoms with Crippen molar-refractivity contribution in [1.82, 2.24) is 15.3 Å². The smallest absolute Gasteiger partial charge is 0.250 e. The number of hydrogen-bond acceptors (Lipinski definition) is 5. The van der Waals surface area contributed by atoms with Crippen LogP contribution in [0, 0.1) is 0 Å².